The van der Waals surface area contributed by atoms with Gasteiger partial charge >= 0.3 is 6.18 Å². The number of amides is 1. The molecule has 0 saturated heterocycles. The third-order valence-corrected chi connectivity index (χ3v) is 11.1. The fourth-order valence-corrected chi connectivity index (χ4v) is 7.50. The van der Waals surface area contributed by atoms with Crippen LogP contribution in [-0.2, 0) is 45.0 Å². The third kappa shape index (κ3) is 6.94. The molecule has 6 aromatic rings. The minimum absolute atomic E-state index is 0.0132. The summed E-state index contributed by atoms with van der Waals surface area (Å²) in [5, 5.41) is 4.62. The summed E-state index contributed by atoms with van der Waals surface area (Å²) in [6.07, 6.45) is -4.34. The Kier molecular flexibility index (Phi) is 10.0. The molecule has 1 unspecified atom stereocenters. The second-order valence-corrected chi connectivity index (χ2v) is 14.8. The molecule has 0 bridgehead atoms. The van der Waals surface area contributed by atoms with E-state index in [2.05, 4.69) is 5.32 Å². The Labute approximate surface area is 300 Å². The zero-order chi connectivity index (χ0) is 37.4. The molecule has 0 radical (unpaired) electrons. The Morgan fingerprint density at radius 3 is 2.13 bits per heavy atom. The fraction of sp³-hybridized carbons (Fsp3) is 0.205. The molecule has 2 aromatic heterocycles. The first-order chi connectivity index (χ1) is 24.8. The highest BCUT2D eigenvalue weighted by atomic mass is 35.5. The van der Waals surface area contributed by atoms with Crippen LogP contribution in [0.2, 0.25) is 5.02 Å². The van der Waals surface area contributed by atoms with Crippen LogP contribution in [0.15, 0.2) is 94.2 Å². The SMILES string of the molecule is CCc1c(Cc2ccc(Cl)cc2C(F)(F)F)oc2cc(C(=O)NC(Cn3c(=C=O)c4ccccc4c3=C=O)c3ccc(S(=O)(=O)CC)cc3)ccc12. The van der Waals surface area contributed by atoms with Gasteiger partial charge in [0.15, 0.2) is 21.7 Å². The number of carbonyl (C=O) groups is 1. The molecule has 0 aliphatic rings. The quantitative estimate of drug-likeness (QED) is 0.179. The second-order valence-electron chi connectivity index (χ2n) is 12.1. The number of fused-ring (bicyclic) bond motifs is 2. The zero-order valence-corrected chi connectivity index (χ0v) is 29.4. The predicted octanol–water partition coefficient (Wildman–Crippen LogP) is 6.18. The number of aromatic nitrogens is 1. The van der Waals surface area contributed by atoms with Gasteiger partial charge in [-0.15, -0.1) is 0 Å². The maximum absolute atomic E-state index is 13.9. The van der Waals surface area contributed by atoms with Crippen LogP contribution in [0.5, 0.6) is 0 Å². The lowest BCUT2D eigenvalue weighted by Crippen LogP contribution is -2.38. The van der Waals surface area contributed by atoms with Crippen molar-refractivity contribution in [3.8, 4) is 0 Å². The predicted molar refractivity (Wildman–Crippen MR) is 190 cm³/mol. The van der Waals surface area contributed by atoms with Gasteiger partial charge < -0.3 is 14.3 Å². The van der Waals surface area contributed by atoms with E-state index in [1.54, 1.807) is 48.5 Å². The van der Waals surface area contributed by atoms with E-state index in [0.717, 1.165) is 6.07 Å². The van der Waals surface area contributed by atoms with Crippen LogP contribution in [0.3, 0.4) is 0 Å². The third-order valence-electron chi connectivity index (χ3n) is 9.08. The lowest BCUT2D eigenvalue weighted by atomic mass is 9.99. The average Bonchev–Trinajstić information content (AvgIpc) is 3.64. The number of alkyl halides is 3. The summed E-state index contributed by atoms with van der Waals surface area (Å²) in [5.74, 6) is 3.43. The molecule has 0 aliphatic heterocycles. The molecule has 52 heavy (non-hydrogen) atoms. The Morgan fingerprint density at radius 2 is 1.56 bits per heavy atom. The van der Waals surface area contributed by atoms with Crippen LogP contribution in [0.4, 0.5) is 13.2 Å². The van der Waals surface area contributed by atoms with Crippen LogP contribution < -0.4 is 16.0 Å². The van der Waals surface area contributed by atoms with Crippen molar-refractivity contribution in [3.05, 3.63) is 134 Å². The molecule has 2 heterocycles. The van der Waals surface area contributed by atoms with Crippen molar-refractivity contribution in [3.63, 3.8) is 0 Å². The van der Waals surface area contributed by atoms with Crippen molar-refractivity contribution in [2.24, 2.45) is 0 Å². The first-order valence-electron chi connectivity index (χ1n) is 16.2. The minimum atomic E-state index is -4.63. The van der Waals surface area contributed by atoms with Gasteiger partial charge in [0.05, 0.1) is 22.3 Å². The Balaban J connectivity index is 1.39. The van der Waals surface area contributed by atoms with Crippen molar-refractivity contribution in [1.29, 1.82) is 0 Å². The zero-order valence-electron chi connectivity index (χ0n) is 27.8. The van der Waals surface area contributed by atoms with Crippen LogP contribution in [-0.4, -0.2) is 36.5 Å². The molecule has 1 atom stereocenters. The summed E-state index contributed by atoms with van der Waals surface area (Å²) < 4.78 is 74.1. The molecule has 0 saturated carbocycles. The smallest absolute Gasteiger partial charge is 0.416 e. The summed E-state index contributed by atoms with van der Waals surface area (Å²) in [5.41, 5.74) is 0.749. The molecule has 6 rings (SSSR count). The highest BCUT2D eigenvalue weighted by molar-refractivity contribution is 7.91. The lowest BCUT2D eigenvalue weighted by molar-refractivity contribution is -0.138. The van der Waals surface area contributed by atoms with E-state index in [-0.39, 0.29) is 50.5 Å². The number of rotatable bonds is 10. The molecule has 1 amide bonds. The largest absolute Gasteiger partial charge is 0.460 e. The number of benzene rings is 4. The second kappa shape index (κ2) is 14.3. The van der Waals surface area contributed by atoms with E-state index < -0.39 is 33.5 Å². The van der Waals surface area contributed by atoms with Gasteiger partial charge in [-0.05, 0) is 53.9 Å². The molecule has 1 N–H and O–H groups in total. The van der Waals surface area contributed by atoms with Gasteiger partial charge in [-0.3, -0.25) is 4.79 Å². The van der Waals surface area contributed by atoms with Crippen molar-refractivity contribution in [1.82, 2.24) is 9.88 Å². The van der Waals surface area contributed by atoms with Crippen molar-refractivity contribution in [2.45, 2.75) is 50.3 Å². The molecule has 4 aromatic carbocycles. The highest BCUT2D eigenvalue weighted by Gasteiger charge is 2.34. The van der Waals surface area contributed by atoms with Crippen LogP contribution in [0.25, 0.3) is 21.7 Å². The van der Waals surface area contributed by atoms with Gasteiger partial charge in [-0.25, -0.2) is 18.0 Å². The molecule has 13 heteroatoms. The number of nitrogens with zero attached hydrogens (tertiary/aromatic N) is 1. The Hall–Kier alpha value is -5.38. The summed E-state index contributed by atoms with van der Waals surface area (Å²) in [6.45, 7) is 3.26. The summed E-state index contributed by atoms with van der Waals surface area (Å²) in [6, 6.07) is 20.1. The highest BCUT2D eigenvalue weighted by Crippen LogP contribution is 2.37. The number of carbonyl (C=O) groups excluding carboxylic acids is 3. The fourth-order valence-electron chi connectivity index (χ4n) is 6.45. The standard InChI is InChI=1S/C39H30ClF3N2O6S/c1-3-28-31-16-12-25(18-37(31)51-36(28)17-24-9-13-26(40)19-32(24)39(41,42)43)38(48)44-33(23-10-14-27(15-11-23)52(49,50)4-2)20-45-34(21-46)29-7-5-6-8-30(29)35(45)22-47/h5-16,18-19,33H,3-4,17,20H2,1-2H3,(H,44,48). The van der Waals surface area contributed by atoms with Crippen molar-refractivity contribution < 1.29 is 40.4 Å². The van der Waals surface area contributed by atoms with E-state index >= 15 is 0 Å². The van der Waals surface area contributed by atoms with E-state index in [9.17, 15) is 36.0 Å². The molecule has 0 aliphatic carbocycles. The van der Waals surface area contributed by atoms with E-state index in [4.69, 9.17) is 16.0 Å². The normalized spacial score (nSPS) is 12.5. The lowest BCUT2D eigenvalue weighted by Gasteiger charge is -2.21. The first kappa shape index (κ1) is 36.4. The minimum Gasteiger partial charge on any atom is -0.460 e. The molecule has 0 fully saturated rings. The molecule has 8 nitrogen and oxygen atoms in total. The van der Waals surface area contributed by atoms with Gasteiger partial charge in [-0.2, -0.15) is 13.2 Å². The number of hydrogen-bond donors (Lipinski definition) is 1. The number of sulfone groups is 1. The van der Waals surface area contributed by atoms with E-state index in [1.807, 2.05) is 18.8 Å². The summed E-state index contributed by atoms with van der Waals surface area (Å²) >= 11 is 5.87. The first-order valence-corrected chi connectivity index (χ1v) is 18.2. The molecular formula is C39H30ClF3N2O6S. The van der Waals surface area contributed by atoms with Gasteiger partial charge in [-0.1, -0.05) is 74.0 Å². The molecular weight excluding hydrogens is 717 g/mol. The van der Waals surface area contributed by atoms with E-state index in [0.29, 0.717) is 45.0 Å². The van der Waals surface area contributed by atoms with Crippen molar-refractivity contribution in [2.75, 3.05) is 5.75 Å². The number of hydrogen-bond acceptors (Lipinski definition) is 6. The average molecular weight is 747 g/mol. The molecule has 266 valence electrons. The van der Waals surface area contributed by atoms with Crippen LogP contribution >= 0.6 is 11.6 Å². The number of halogens is 4. The maximum atomic E-state index is 13.9. The number of aryl methyl sites for hydroxylation is 1. The van der Waals surface area contributed by atoms with Crippen molar-refractivity contribution >= 4 is 61.0 Å². The summed E-state index contributed by atoms with van der Waals surface area (Å²) in [4.78, 5) is 38.4. The maximum Gasteiger partial charge on any atom is 0.416 e. The van der Waals surface area contributed by atoms with Gasteiger partial charge in [0, 0.05) is 45.3 Å². The van der Waals surface area contributed by atoms with E-state index in [1.165, 1.54) is 41.8 Å². The van der Waals surface area contributed by atoms with Gasteiger partial charge in [0.2, 0.25) is 0 Å². The Morgan fingerprint density at radius 1 is 0.904 bits per heavy atom. The topological polar surface area (TPSA) is 115 Å². The van der Waals surface area contributed by atoms with Gasteiger partial charge in [0.25, 0.3) is 5.91 Å². The van der Waals surface area contributed by atoms with Gasteiger partial charge in [0.1, 0.15) is 22.0 Å². The number of nitrogens with one attached hydrogen (secondary N) is 1. The van der Waals surface area contributed by atoms with Crippen LogP contribution in [0.1, 0.15) is 58.3 Å². The monoisotopic (exact) mass is 746 g/mol. The Bertz CT molecular complexity index is 2580. The molecule has 0 spiro atoms. The number of furan rings is 1. The summed E-state index contributed by atoms with van der Waals surface area (Å²) in [7, 11) is -3.53. The van der Waals surface area contributed by atoms with Crippen LogP contribution in [0, 0.1) is 0 Å².